The van der Waals surface area contributed by atoms with Gasteiger partial charge in [-0.3, -0.25) is 4.79 Å². The summed E-state index contributed by atoms with van der Waals surface area (Å²) in [6.07, 6.45) is -5.04. The van der Waals surface area contributed by atoms with Crippen LogP contribution in [-0.4, -0.2) is 54.0 Å². The molecule has 2 unspecified atom stereocenters. The Labute approximate surface area is 135 Å². The van der Waals surface area contributed by atoms with E-state index in [-0.39, 0.29) is 31.2 Å². The van der Waals surface area contributed by atoms with Gasteiger partial charge < -0.3 is 19.5 Å². The quantitative estimate of drug-likeness (QED) is 0.879. The summed E-state index contributed by atoms with van der Waals surface area (Å²) in [5.41, 5.74) is 0.458. The zero-order valence-electron chi connectivity index (χ0n) is 12.7. The summed E-state index contributed by atoms with van der Waals surface area (Å²) >= 11 is 0. The Morgan fingerprint density at radius 3 is 2.42 bits per heavy atom. The molecule has 9 heteroatoms. The molecule has 132 valence electrons. The standard InChI is InChI=1S/C15H16F3NO5/c1-23-11-7-12(14(21)22)19(8-11)13(20)6-9-2-4-10(5-3-9)24-15(16,17)18/h2-5,11-12H,6-8H2,1H3,(H,21,22). The van der Waals surface area contributed by atoms with Gasteiger partial charge in [0.05, 0.1) is 12.5 Å². The molecule has 0 aliphatic carbocycles. The van der Waals surface area contributed by atoms with Crippen molar-refractivity contribution >= 4 is 11.9 Å². The molecule has 0 saturated carbocycles. The molecule has 2 atom stereocenters. The van der Waals surface area contributed by atoms with Crippen LogP contribution in [0.5, 0.6) is 5.75 Å². The smallest absolute Gasteiger partial charge is 0.480 e. The van der Waals surface area contributed by atoms with Gasteiger partial charge in [0.25, 0.3) is 0 Å². The second-order valence-corrected chi connectivity index (χ2v) is 5.36. The first kappa shape index (κ1) is 18.1. The van der Waals surface area contributed by atoms with Gasteiger partial charge in [-0.05, 0) is 17.7 Å². The molecule has 1 aliphatic rings. The first-order chi connectivity index (χ1) is 11.2. The van der Waals surface area contributed by atoms with E-state index < -0.39 is 24.3 Å². The van der Waals surface area contributed by atoms with Gasteiger partial charge in [0.2, 0.25) is 5.91 Å². The minimum atomic E-state index is -4.78. The van der Waals surface area contributed by atoms with Crippen LogP contribution in [0.3, 0.4) is 0 Å². The van der Waals surface area contributed by atoms with Crippen molar-refractivity contribution in [1.82, 2.24) is 4.90 Å². The molecule has 0 bridgehead atoms. The number of rotatable bonds is 5. The largest absolute Gasteiger partial charge is 0.573 e. The van der Waals surface area contributed by atoms with Crippen molar-refractivity contribution in [1.29, 1.82) is 0 Å². The fraction of sp³-hybridized carbons (Fsp3) is 0.467. The average molecular weight is 347 g/mol. The van der Waals surface area contributed by atoms with E-state index >= 15 is 0 Å². The van der Waals surface area contributed by atoms with Crippen LogP contribution in [0.2, 0.25) is 0 Å². The van der Waals surface area contributed by atoms with Crippen molar-refractivity contribution in [3.8, 4) is 5.75 Å². The number of aliphatic carboxylic acids is 1. The van der Waals surface area contributed by atoms with Crippen LogP contribution < -0.4 is 4.74 Å². The Hall–Kier alpha value is -2.29. The van der Waals surface area contributed by atoms with Crippen LogP contribution >= 0.6 is 0 Å². The van der Waals surface area contributed by atoms with Gasteiger partial charge in [0.1, 0.15) is 11.8 Å². The highest BCUT2D eigenvalue weighted by atomic mass is 19.4. The third-order valence-electron chi connectivity index (χ3n) is 3.71. The zero-order chi connectivity index (χ0) is 17.9. The number of ether oxygens (including phenoxy) is 2. The molecule has 1 fully saturated rings. The predicted octanol–water partition coefficient (Wildman–Crippen LogP) is 1.83. The molecule has 1 amide bonds. The Morgan fingerprint density at radius 2 is 1.92 bits per heavy atom. The molecule has 0 radical (unpaired) electrons. The molecular formula is C15H16F3NO5. The monoisotopic (exact) mass is 347 g/mol. The van der Waals surface area contributed by atoms with Crippen molar-refractivity contribution in [2.45, 2.75) is 31.3 Å². The minimum absolute atomic E-state index is 0.119. The summed E-state index contributed by atoms with van der Waals surface area (Å²) in [5.74, 6) is -1.93. The van der Waals surface area contributed by atoms with E-state index in [1.54, 1.807) is 0 Å². The number of carboxylic acids is 1. The van der Waals surface area contributed by atoms with Gasteiger partial charge in [0.15, 0.2) is 0 Å². The van der Waals surface area contributed by atoms with Crippen LogP contribution in [0.25, 0.3) is 0 Å². The van der Waals surface area contributed by atoms with Gasteiger partial charge >= 0.3 is 12.3 Å². The van der Waals surface area contributed by atoms with Crippen LogP contribution in [0.15, 0.2) is 24.3 Å². The first-order valence-electron chi connectivity index (χ1n) is 7.09. The number of likely N-dealkylation sites (tertiary alicyclic amines) is 1. The number of methoxy groups -OCH3 is 1. The van der Waals surface area contributed by atoms with Crippen molar-refractivity contribution < 1.29 is 37.3 Å². The van der Waals surface area contributed by atoms with Crippen LogP contribution in [0.4, 0.5) is 13.2 Å². The average Bonchev–Trinajstić information content (AvgIpc) is 2.92. The topological polar surface area (TPSA) is 76.1 Å². The summed E-state index contributed by atoms with van der Waals surface area (Å²) in [7, 11) is 1.44. The van der Waals surface area contributed by atoms with E-state index in [1.807, 2.05) is 0 Å². The van der Waals surface area contributed by atoms with Crippen molar-refractivity contribution in [2.24, 2.45) is 0 Å². The molecular weight excluding hydrogens is 331 g/mol. The predicted molar refractivity (Wildman–Crippen MR) is 75.4 cm³/mol. The highest BCUT2D eigenvalue weighted by molar-refractivity contribution is 5.85. The molecule has 1 aromatic carbocycles. The Kier molecular flexibility index (Phi) is 5.33. The fourth-order valence-electron chi connectivity index (χ4n) is 2.56. The van der Waals surface area contributed by atoms with Crippen LogP contribution in [-0.2, 0) is 20.7 Å². The summed E-state index contributed by atoms with van der Waals surface area (Å²) in [5, 5.41) is 9.18. The molecule has 0 aromatic heterocycles. The number of carbonyl (C=O) groups is 2. The van der Waals surface area contributed by atoms with E-state index in [2.05, 4.69) is 4.74 Å². The van der Waals surface area contributed by atoms with Crippen molar-refractivity contribution in [2.75, 3.05) is 13.7 Å². The van der Waals surface area contributed by atoms with E-state index in [0.29, 0.717) is 5.56 Å². The van der Waals surface area contributed by atoms with E-state index in [4.69, 9.17) is 4.74 Å². The number of hydrogen-bond donors (Lipinski definition) is 1. The van der Waals surface area contributed by atoms with Gasteiger partial charge in [-0.1, -0.05) is 12.1 Å². The minimum Gasteiger partial charge on any atom is -0.480 e. The molecule has 1 saturated heterocycles. The maximum absolute atomic E-state index is 12.3. The van der Waals surface area contributed by atoms with Crippen LogP contribution in [0, 0.1) is 0 Å². The van der Waals surface area contributed by atoms with E-state index in [9.17, 15) is 27.9 Å². The number of halogens is 3. The highest BCUT2D eigenvalue weighted by Crippen LogP contribution is 2.24. The van der Waals surface area contributed by atoms with Gasteiger partial charge in [-0.2, -0.15) is 0 Å². The maximum atomic E-state index is 12.3. The van der Waals surface area contributed by atoms with Gasteiger partial charge in [-0.15, -0.1) is 13.2 Å². The summed E-state index contributed by atoms with van der Waals surface area (Å²) in [4.78, 5) is 24.8. The zero-order valence-corrected chi connectivity index (χ0v) is 12.7. The summed E-state index contributed by atoms with van der Waals surface area (Å²) < 4.78 is 45.1. The van der Waals surface area contributed by atoms with E-state index in [1.165, 1.54) is 24.1 Å². The lowest BCUT2D eigenvalue weighted by Crippen LogP contribution is -2.41. The van der Waals surface area contributed by atoms with Crippen molar-refractivity contribution in [3.05, 3.63) is 29.8 Å². The van der Waals surface area contributed by atoms with Crippen LogP contribution in [0.1, 0.15) is 12.0 Å². The second-order valence-electron chi connectivity index (χ2n) is 5.36. The summed E-state index contributed by atoms with van der Waals surface area (Å²) in [6.45, 7) is 0.168. The lowest BCUT2D eigenvalue weighted by molar-refractivity contribution is -0.274. The Balaban J connectivity index is 2.02. The molecule has 1 N–H and O–H groups in total. The molecule has 2 rings (SSSR count). The van der Waals surface area contributed by atoms with E-state index in [0.717, 1.165) is 12.1 Å². The maximum Gasteiger partial charge on any atom is 0.573 e. The molecule has 0 spiro atoms. The SMILES string of the molecule is COC1CC(C(=O)O)N(C(=O)Cc2ccc(OC(F)(F)F)cc2)C1. The molecule has 6 nitrogen and oxygen atoms in total. The number of alkyl halides is 3. The number of carbonyl (C=O) groups excluding carboxylic acids is 1. The van der Waals surface area contributed by atoms with Gasteiger partial charge in [0, 0.05) is 20.1 Å². The number of amides is 1. The van der Waals surface area contributed by atoms with Crippen molar-refractivity contribution in [3.63, 3.8) is 0 Å². The molecule has 1 aliphatic heterocycles. The molecule has 1 heterocycles. The third kappa shape index (κ3) is 4.60. The van der Waals surface area contributed by atoms with Gasteiger partial charge in [-0.25, -0.2) is 4.79 Å². The number of carboxylic acid groups (broad SMARTS) is 1. The summed E-state index contributed by atoms with van der Waals surface area (Å²) in [6, 6.07) is 3.91. The molecule has 24 heavy (non-hydrogen) atoms. The lowest BCUT2D eigenvalue weighted by atomic mass is 10.1. The lowest BCUT2D eigenvalue weighted by Gasteiger charge is -2.21. The Morgan fingerprint density at radius 1 is 1.29 bits per heavy atom. The normalized spacial score (nSPS) is 20.9. The third-order valence-corrected chi connectivity index (χ3v) is 3.71. The number of benzene rings is 1. The first-order valence-corrected chi connectivity index (χ1v) is 7.09. The highest BCUT2D eigenvalue weighted by Gasteiger charge is 2.39. The number of nitrogens with zero attached hydrogens (tertiary/aromatic N) is 1. The number of hydrogen-bond acceptors (Lipinski definition) is 4. The molecule has 1 aromatic rings. The second kappa shape index (κ2) is 7.08. The fourth-order valence-corrected chi connectivity index (χ4v) is 2.56. The Bertz CT molecular complexity index is 602.